The van der Waals surface area contributed by atoms with E-state index in [0.29, 0.717) is 5.82 Å². The Morgan fingerprint density at radius 2 is 0.878 bits per heavy atom. The monoisotopic (exact) mass is 544 g/mol. The van der Waals surface area contributed by atoms with Crippen LogP contribution in [-0.2, 0) is 0 Å². The number of nitrogens with zero attached hydrogens (tertiary/aromatic N) is 2. The zero-order valence-electron chi connectivity index (χ0n) is 22.2. The number of halogens is 1. The summed E-state index contributed by atoms with van der Waals surface area (Å²) in [5.74, 6) is 0.704. The minimum Gasteiger partial charge on any atom is -0.228 e. The van der Waals surface area contributed by atoms with Gasteiger partial charge < -0.3 is 0 Å². The van der Waals surface area contributed by atoms with E-state index in [2.05, 4.69) is 109 Å². The van der Waals surface area contributed by atoms with Crippen LogP contribution in [0.25, 0.3) is 66.9 Å². The lowest BCUT2D eigenvalue weighted by molar-refractivity contribution is 1.18. The Bertz CT molecular complexity index is 1970. The maximum absolute atomic E-state index is 6.48. The predicted octanol–water partition coefficient (Wildman–Crippen LogP) is 10.6. The first-order valence-corrected chi connectivity index (χ1v) is 14.0. The Morgan fingerprint density at radius 1 is 0.390 bits per heavy atom. The first-order chi connectivity index (χ1) is 20.2. The van der Waals surface area contributed by atoms with Crippen molar-refractivity contribution >= 4 is 22.4 Å². The second kappa shape index (κ2) is 10.8. The van der Waals surface area contributed by atoms with Gasteiger partial charge in [0.2, 0.25) is 0 Å². The molecular weight excluding hydrogens is 520 g/mol. The number of aromatic nitrogens is 2. The molecule has 7 aromatic rings. The van der Waals surface area contributed by atoms with Gasteiger partial charge in [0.05, 0.1) is 11.4 Å². The van der Waals surface area contributed by atoms with Crippen LogP contribution in [0.1, 0.15) is 0 Å². The third kappa shape index (κ3) is 5.14. The van der Waals surface area contributed by atoms with Gasteiger partial charge in [-0.15, -0.1) is 0 Å². The quantitative estimate of drug-likeness (QED) is 0.215. The van der Waals surface area contributed by atoms with Crippen LogP contribution in [0.15, 0.2) is 152 Å². The van der Waals surface area contributed by atoms with Crippen molar-refractivity contribution in [2.24, 2.45) is 0 Å². The average Bonchev–Trinajstić information content (AvgIpc) is 3.05. The Hall–Kier alpha value is -5.05. The summed E-state index contributed by atoms with van der Waals surface area (Å²) in [6, 6.07) is 52.1. The van der Waals surface area contributed by atoms with Gasteiger partial charge in [0.1, 0.15) is 0 Å². The van der Waals surface area contributed by atoms with Crippen molar-refractivity contribution in [1.82, 2.24) is 9.97 Å². The fraction of sp³-hybridized carbons (Fsp3) is 0. The Balaban J connectivity index is 1.30. The van der Waals surface area contributed by atoms with Crippen LogP contribution >= 0.6 is 11.6 Å². The second-order valence-electron chi connectivity index (χ2n) is 10.0. The molecule has 0 amide bonds. The van der Waals surface area contributed by atoms with Crippen LogP contribution in [-0.4, -0.2) is 9.97 Å². The maximum Gasteiger partial charge on any atom is 0.160 e. The van der Waals surface area contributed by atoms with Gasteiger partial charge >= 0.3 is 0 Å². The third-order valence-corrected chi connectivity index (χ3v) is 7.58. The lowest BCUT2D eigenvalue weighted by Crippen LogP contribution is -1.96. The molecule has 0 aliphatic heterocycles. The molecule has 7 rings (SSSR count). The predicted molar refractivity (Wildman–Crippen MR) is 172 cm³/mol. The summed E-state index contributed by atoms with van der Waals surface area (Å²) in [6.45, 7) is 0. The minimum atomic E-state index is 0.704. The molecule has 0 aliphatic rings. The Kier molecular flexibility index (Phi) is 6.60. The lowest BCUT2D eigenvalue weighted by atomic mass is 9.96. The summed E-state index contributed by atoms with van der Waals surface area (Å²) >= 11 is 6.48. The summed E-state index contributed by atoms with van der Waals surface area (Å²) < 4.78 is 0. The molecule has 41 heavy (non-hydrogen) atoms. The van der Waals surface area contributed by atoms with E-state index in [1.165, 1.54) is 16.5 Å². The topological polar surface area (TPSA) is 25.8 Å². The van der Waals surface area contributed by atoms with E-state index >= 15 is 0 Å². The molecule has 0 atom stereocenters. The molecule has 0 unspecified atom stereocenters. The van der Waals surface area contributed by atoms with Gasteiger partial charge in [0.15, 0.2) is 5.82 Å². The highest BCUT2D eigenvalue weighted by molar-refractivity contribution is 6.32. The van der Waals surface area contributed by atoms with Crippen molar-refractivity contribution in [2.45, 2.75) is 0 Å². The highest BCUT2D eigenvalue weighted by Crippen LogP contribution is 2.34. The van der Waals surface area contributed by atoms with Crippen LogP contribution in [0.2, 0.25) is 5.02 Å². The summed E-state index contributed by atoms with van der Waals surface area (Å²) in [6.07, 6.45) is 0. The average molecular weight is 545 g/mol. The third-order valence-electron chi connectivity index (χ3n) is 7.36. The van der Waals surface area contributed by atoms with Crippen LogP contribution in [0.3, 0.4) is 0 Å². The summed E-state index contributed by atoms with van der Waals surface area (Å²) in [5.41, 5.74) is 9.43. The van der Waals surface area contributed by atoms with Crippen LogP contribution in [0.4, 0.5) is 0 Å². The molecule has 194 valence electrons. The first kappa shape index (κ1) is 25.0. The lowest BCUT2D eigenvalue weighted by Gasteiger charge is -2.12. The van der Waals surface area contributed by atoms with Gasteiger partial charge in [-0.25, -0.2) is 9.97 Å². The number of rotatable bonds is 5. The van der Waals surface area contributed by atoms with Gasteiger partial charge in [0, 0.05) is 21.7 Å². The smallest absolute Gasteiger partial charge is 0.160 e. The number of hydrogen-bond acceptors (Lipinski definition) is 2. The molecule has 6 aromatic carbocycles. The van der Waals surface area contributed by atoms with Crippen LogP contribution in [0, 0.1) is 0 Å². The molecule has 0 spiro atoms. The van der Waals surface area contributed by atoms with Crippen molar-refractivity contribution in [3.63, 3.8) is 0 Å². The van der Waals surface area contributed by atoms with E-state index < -0.39 is 0 Å². The van der Waals surface area contributed by atoms with Gasteiger partial charge in [-0.3, -0.25) is 0 Å². The van der Waals surface area contributed by atoms with Crippen molar-refractivity contribution < 1.29 is 0 Å². The minimum absolute atomic E-state index is 0.704. The molecule has 2 nitrogen and oxygen atoms in total. The summed E-state index contributed by atoms with van der Waals surface area (Å²) in [7, 11) is 0. The van der Waals surface area contributed by atoms with Crippen LogP contribution in [0.5, 0.6) is 0 Å². The number of hydrogen-bond donors (Lipinski definition) is 0. The van der Waals surface area contributed by atoms with E-state index in [-0.39, 0.29) is 0 Å². The van der Waals surface area contributed by atoms with Gasteiger partial charge in [-0.2, -0.15) is 0 Å². The van der Waals surface area contributed by atoms with E-state index in [1.54, 1.807) is 0 Å². The van der Waals surface area contributed by atoms with Gasteiger partial charge in [-0.05, 0) is 51.2 Å². The van der Waals surface area contributed by atoms with E-state index in [1.807, 2.05) is 42.5 Å². The standard InChI is InChI=1S/C38H25ClN2/c39-33-23-32-13-7-8-14-34(32)35(24-33)28-17-21-30(22-18-28)37-25-36(40-38(41-37)31-11-5-2-6-12-31)29-19-15-27(16-20-29)26-9-3-1-4-10-26/h1-25H. The molecule has 0 N–H and O–H groups in total. The zero-order valence-corrected chi connectivity index (χ0v) is 23.0. The van der Waals surface area contributed by atoms with Gasteiger partial charge in [0.25, 0.3) is 0 Å². The van der Waals surface area contributed by atoms with Crippen molar-refractivity contribution in [3.05, 3.63) is 157 Å². The van der Waals surface area contributed by atoms with Crippen LogP contribution < -0.4 is 0 Å². The molecule has 1 heterocycles. The number of benzene rings is 6. The molecule has 0 saturated heterocycles. The molecule has 3 heteroatoms. The maximum atomic E-state index is 6.48. The molecule has 0 fully saturated rings. The Labute approximate surface area is 244 Å². The molecule has 0 aliphatic carbocycles. The van der Waals surface area contributed by atoms with Crippen molar-refractivity contribution in [2.75, 3.05) is 0 Å². The van der Waals surface area contributed by atoms with Crippen molar-refractivity contribution in [1.29, 1.82) is 0 Å². The largest absolute Gasteiger partial charge is 0.228 e. The molecule has 0 bridgehead atoms. The SMILES string of the molecule is Clc1cc(-c2ccc(-c3cc(-c4ccc(-c5ccccc5)cc4)nc(-c4ccccc4)n3)cc2)c2ccccc2c1. The summed E-state index contributed by atoms with van der Waals surface area (Å²) in [5, 5.41) is 3.04. The van der Waals surface area contributed by atoms with Crippen molar-refractivity contribution in [3.8, 4) is 56.2 Å². The fourth-order valence-electron chi connectivity index (χ4n) is 5.26. The molecule has 0 saturated carbocycles. The number of fused-ring (bicyclic) bond motifs is 1. The highest BCUT2D eigenvalue weighted by atomic mass is 35.5. The highest BCUT2D eigenvalue weighted by Gasteiger charge is 2.12. The molecular formula is C38H25ClN2. The molecule has 0 radical (unpaired) electrons. The van der Waals surface area contributed by atoms with E-state index in [4.69, 9.17) is 21.6 Å². The normalized spacial score (nSPS) is 11.0. The van der Waals surface area contributed by atoms with E-state index in [9.17, 15) is 0 Å². The zero-order chi connectivity index (χ0) is 27.6. The Morgan fingerprint density at radius 3 is 1.51 bits per heavy atom. The summed E-state index contributed by atoms with van der Waals surface area (Å²) in [4.78, 5) is 9.98. The second-order valence-corrected chi connectivity index (χ2v) is 10.5. The van der Waals surface area contributed by atoms with Gasteiger partial charge in [-0.1, -0.05) is 145 Å². The molecule has 1 aromatic heterocycles. The first-order valence-electron chi connectivity index (χ1n) is 13.6. The van der Waals surface area contributed by atoms with E-state index in [0.717, 1.165) is 49.6 Å². The fourth-order valence-corrected chi connectivity index (χ4v) is 5.48.